The molecule has 0 fully saturated rings. The first-order valence-electron chi connectivity index (χ1n) is 10.9. The lowest BCUT2D eigenvalue weighted by Crippen LogP contribution is -2.41. The molecule has 0 saturated carbocycles. The number of amides is 1. The van der Waals surface area contributed by atoms with Crippen molar-refractivity contribution in [3.63, 3.8) is 0 Å². The molecule has 5 nitrogen and oxygen atoms in total. The number of nitrogens with zero attached hydrogens (tertiary/aromatic N) is 1. The van der Waals surface area contributed by atoms with Crippen LogP contribution in [0.25, 0.3) is 0 Å². The molecule has 0 aliphatic heterocycles. The van der Waals surface area contributed by atoms with Gasteiger partial charge in [-0.1, -0.05) is 54.1 Å². The molecular weight excluding hydrogens is 420 g/mol. The largest absolute Gasteiger partial charge is 0.348 e. The van der Waals surface area contributed by atoms with Gasteiger partial charge in [-0.3, -0.25) is 9.10 Å². The summed E-state index contributed by atoms with van der Waals surface area (Å²) < 4.78 is 28.0. The first-order valence-corrected chi connectivity index (χ1v) is 12.3. The molecule has 32 heavy (non-hydrogen) atoms. The molecule has 0 spiro atoms. The predicted octanol–water partition coefficient (Wildman–Crippen LogP) is 4.56. The highest BCUT2D eigenvalue weighted by Crippen LogP contribution is 2.26. The molecule has 3 aromatic rings. The Labute approximate surface area is 190 Å². The van der Waals surface area contributed by atoms with Gasteiger partial charge in [-0.25, -0.2) is 8.42 Å². The molecule has 1 unspecified atom stereocenters. The molecular formula is C26H28N2O3S. The summed E-state index contributed by atoms with van der Waals surface area (Å²) in [6.45, 7) is 3.53. The summed E-state index contributed by atoms with van der Waals surface area (Å²) in [6.07, 6.45) is 3.35. The van der Waals surface area contributed by atoms with Crippen LogP contribution in [0.5, 0.6) is 0 Å². The monoisotopic (exact) mass is 448 g/mol. The molecule has 0 aromatic heterocycles. The van der Waals surface area contributed by atoms with E-state index in [0.29, 0.717) is 5.69 Å². The molecule has 0 bridgehead atoms. The van der Waals surface area contributed by atoms with Gasteiger partial charge in [0.25, 0.3) is 10.0 Å². The van der Waals surface area contributed by atoms with Crippen LogP contribution in [0.2, 0.25) is 0 Å². The van der Waals surface area contributed by atoms with Crippen LogP contribution in [0.15, 0.2) is 77.7 Å². The molecule has 1 amide bonds. The number of aryl methyl sites for hydroxylation is 3. The van der Waals surface area contributed by atoms with Gasteiger partial charge in [-0.05, 0) is 74.1 Å². The van der Waals surface area contributed by atoms with Crippen LogP contribution < -0.4 is 9.62 Å². The van der Waals surface area contributed by atoms with Crippen molar-refractivity contribution in [1.82, 2.24) is 5.32 Å². The van der Waals surface area contributed by atoms with Crippen molar-refractivity contribution in [3.05, 3.63) is 95.1 Å². The average Bonchev–Trinajstić information content (AvgIpc) is 3.26. The molecule has 0 saturated heterocycles. The minimum absolute atomic E-state index is 0.159. The number of hydrogen-bond donors (Lipinski definition) is 1. The van der Waals surface area contributed by atoms with Crippen LogP contribution in [-0.2, 0) is 27.7 Å². The van der Waals surface area contributed by atoms with Gasteiger partial charge in [-0.2, -0.15) is 0 Å². The van der Waals surface area contributed by atoms with E-state index < -0.39 is 10.0 Å². The summed E-state index contributed by atoms with van der Waals surface area (Å²) in [5, 5.41) is 2.98. The van der Waals surface area contributed by atoms with E-state index in [9.17, 15) is 13.2 Å². The first-order chi connectivity index (χ1) is 15.3. The van der Waals surface area contributed by atoms with E-state index in [1.165, 1.54) is 21.9 Å². The third kappa shape index (κ3) is 4.70. The van der Waals surface area contributed by atoms with Crippen molar-refractivity contribution in [1.29, 1.82) is 0 Å². The molecule has 166 valence electrons. The summed E-state index contributed by atoms with van der Waals surface area (Å²) in [7, 11) is -3.90. The van der Waals surface area contributed by atoms with E-state index in [1.54, 1.807) is 48.5 Å². The van der Waals surface area contributed by atoms with Gasteiger partial charge in [0, 0.05) is 0 Å². The number of anilines is 1. The number of para-hydroxylation sites is 1. The van der Waals surface area contributed by atoms with Crippen LogP contribution in [0.1, 0.15) is 41.6 Å². The second-order valence-corrected chi connectivity index (χ2v) is 10.2. The molecule has 1 atom stereocenters. The molecule has 1 aliphatic rings. The van der Waals surface area contributed by atoms with E-state index in [2.05, 4.69) is 17.4 Å². The second kappa shape index (κ2) is 9.17. The summed E-state index contributed by atoms with van der Waals surface area (Å²) in [6, 6.07) is 21.5. The summed E-state index contributed by atoms with van der Waals surface area (Å²) in [5.74, 6) is -0.350. The quantitative estimate of drug-likeness (QED) is 0.576. The van der Waals surface area contributed by atoms with Gasteiger partial charge in [-0.15, -0.1) is 0 Å². The van der Waals surface area contributed by atoms with Gasteiger partial charge < -0.3 is 5.32 Å². The number of benzene rings is 3. The normalized spacial score (nSPS) is 13.9. The Kier molecular flexibility index (Phi) is 6.33. The maximum Gasteiger partial charge on any atom is 0.264 e. The molecule has 4 rings (SSSR count). The number of sulfonamides is 1. The maximum absolute atomic E-state index is 13.4. The molecule has 0 radical (unpaired) electrons. The zero-order chi connectivity index (χ0) is 22.7. The number of carbonyl (C=O) groups excluding carboxylic acids is 1. The number of nitrogens with one attached hydrogen (secondary N) is 1. The lowest BCUT2D eigenvalue weighted by atomic mass is 10.0. The SMILES string of the molecule is Cc1ccc(S(=O)(=O)N(CC(=O)NC(C)c2ccc3c(c2)CCC3)c2ccccc2)cc1. The van der Waals surface area contributed by atoms with Crippen molar-refractivity contribution < 1.29 is 13.2 Å². The topological polar surface area (TPSA) is 66.5 Å². The lowest BCUT2D eigenvalue weighted by molar-refractivity contribution is -0.120. The van der Waals surface area contributed by atoms with Crippen LogP contribution in [0, 0.1) is 6.92 Å². The van der Waals surface area contributed by atoms with Crippen LogP contribution in [0.4, 0.5) is 5.69 Å². The van der Waals surface area contributed by atoms with Crippen LogP contribution in [-0.4, -0.2) is 20.9 Å². The van der Waals surface area contributed by atoms with Crippen LogP contribution in [0.3, 0.4) is 0 Å². The third-order valence-corrected chi connectivity index (χ3v) is 7.73. The van der Waals surface area contributed by atoms with Crippen molar-refractivity contribution >= 4 is 21.6 Å². The lowest BCUT2D eigenvalue weighted by Gasteiger charge is -2.25. The standard InChI is InChI=1S/C26H28N2O3S/c1-19-11-15-25(16-12-19)32(30,31)28(24-9-4-3-5-10-24)18-26(29)27-20(2)22-14-13-21-7-6-8-23(21)17-22/h3-5,9-17,20H,6-8,18H2,1-2H3,(H,27,29). The molecule has 6 heteroatoms. The van der Waals surface area contributed by atoms with Gasteiger partial charge in [0.2, 0.25) is 5.91 Å². The first kappa shape index (κ1) is 22.1. The number of hydrogen-bond acceptors (Lipinski definition) is 3. The van der Waals surface area contributed by atoms with E-state index >= 15 is 0 Å². The van der Waals surface area contributed by atoms with Gasteiger partial charge in [0.1, 0.15) is 6.54 Å². The highest BCUT2D eigenvalue weighted by molar-refractivity contribution is 7.92. The second-order valence-electron chi connectivity index (χ2n) is 8.33. The smallest absolute Gasteiger partial charge is 0.264 e. The minimum Gasteiger partial charge on any atom is -0.348 e. The third-order valence-electron chi connectivity index (χ3n) is 5.94. The Morgan fingerprint density at radius 1 is 0.969 bits per heavy atom. The number of carbonyl (C=O) groups is 1. The Hall–Kier alpha value is -3.12. The van der Waals surface area contributed by atoms with Gasteiger partial charge >= 0.3 is 0 Å². The Balaban J connectivity index is 1.56. The fourth-order valence-electron chi connectivity index (χ4n) is 4.11. The molecule has 0 heterocycles. The highest BCUT2D eigenvalue weighted by atomic mass is 32.2. The summed E-state index contributed by atoms with van der Waals surface area (Å²) in [5.41, 5.74) is 5.18. The Bertz CT molecular complexity index is 1210. The fraction of sp³-hybridized carbons (Fsp3) is 0.269. The van der Waals surface area contributed by atoms with Gasteiger partial charge in [0.15, 0.2) is 0 Å². The van der Waals surface area contributed by atoms with E-state index in [4.69, 9.17) is 0 Å². The van der Waals surface area contributed by atoms with Gasteiger partial charge in [0.05, 0.1) is 16.6 Å². The molecule has 3 aromatic carbocycles. The number of fused-ring (bicyclic) bond motifs is 1. The van der Waals surface area contributed by atoms with E-state index in [0.717, 1.165) is 24.0 Å². The van der Waals surface area contributed by atoms with Crippen molar-refractivity contribution in [2.75, 3.05) is 10.8 Å². The van der Waals surface area contributed by atoms with E-state index in [-0.39, 0.29) is 23.4 Å². The highest BCUT2D eigenvalue weighted by Gasteiger charge is 2.27. The van der Waals surface area contributed by atoms with Crippen molar-refractivity contribution in [2.45, 2.75) is 44.0 Å². The Morgan fingerprint density at radius 3 is 2.38 bits per heavy atom. The van der Waals surface area contributed by atoms with Crippen molar-refractivity contribution in [3.8, 4) is 0 Å². The maximum atomic E-state index is 13.4. The fourth-order valence-corrected chi connectivity index (χ4v) is 5.53. The summed E-state index contributed by atoms with van der Waals surface area (Å²) >= 11 is 0. The molecule has 1 aliphatic carbocycles. The minimum atomic E-state index is -3.90. The molecule has 1 N–H and O–H groups in total. The average molecular weight is 449 g/mol. The summed E-state index contributed by atoms with van der Waals surface area (Å²) in [4.78, 5) is 13.1. The zero-order valence-electron chi connectivity index (χ0n) is 18.4. The van der Waals surface area contributed by atoms with E-state index in [1.807, 2.05) is 26.0 Å². The predicted molar refractivity (Wildman–Crippen MR) is 127 cm³/mol. The number of rotatable bonds is 7. The van der Waals surface area contributed by atoms with Crippen LogP contribution >= 0.6 is 0 Å². The zero-order valence-corrected chi connectivity index (χ0v) is 19.2. The van der Waals surface area contributed by atoms with Crippen molar-refractivity contribution in [2.24, 2.45) is 0 Å². The Morgan fingerprint density at radius 2 is 1.66 bits per heavy atom.